The number of tetrazole rings is 1. The lowest BCUT2D eigenvalue weighted by molar-refractivity contribution is -0.150. The summed E-state index contributed by atoms with van der Waals surface area (Å²) in [6.45, 7) is 0. The van der Waals surface area contributed by atoms with Crippen molar-refractivity contribution in [3.8, 4) is 5.75 Å². The zero-order valence-corrected chi connectivity index (χ0v) is 18.3. The number of carboxylic acid groups (broad SMARTS) is 1. The van der Waals surface area contributed by atoms with Crippen molar-refractivity contribution in [1.29, 1.82) is 0 Å². The fourth-order valence-electron chi connectivity index (χ4n) is 3.37. The highest BCUT2D eigenvalue weighted by Gasteiger charge is 2.54. The molecule has 0 bridgehead atoms. The number of amides is 2. The zero-order chi connectivity index (χ0) is 23.0. The molecule has 3 atom stereocenters. The van der Waals surface area contributed by atoms with Crippen LogP contribution >= 0.6 is 23.5 Å². The monoisotopic (exact) mass is 477 g/mol. The number of aliphatic carboxylic acids is 1. The SMILES string of the molecule is Cn1nnnc1SCC1=C(C(=O)O)N2C(=O)C(NC(=O)C(N)c3ccc(O)cc3)[C@H]2SC1. The van der Waals surface area contributed by atoms with Crippen LogP contribution in [0.5, 0.6) is 5.75 Å². The van der Waals surface area contributed by atoms with Crippen molar-refractivity contribution in [3.05, 3.63) is 41.1 Å². The Hall–Kier alpha value is -3.10. The molecular weight excluding hydrogens is 458 g/mol. The van der Waals surface area contributed by atoms with E-state index >= 15 is 0 Å². The van der Waals surface area contributed by atoms with Crippen molar-refractivity contribution >= 4 is 41.3 Å². The van der Waals surface area contributed by atoms with Crippen LogP contribution in [0.3, 0.4) is 0 Å². The Kier molecular flexibility index (Phi) is 6.08. The molecule has 1 aromatic carbocycles. The van der Waals surface area contributed by atoms with Crippen molar-refractivity contribution in [1.82, 2.24) is 30.4 Å². The number of benzene rings is 1. The van der Waals surface area contributed by atoms with E-state index in [1.165, 1.54) is 57.4 Å². The summed E-state index contributed by atoms with van der Waals surface area (Å²) >= 11 is 2.64. The molecule has 32 heavy (non-hydrogen) atoms. The van der Waals surface area contributed by atoms with Gasteiger partial charge in [-0.05, 0) is 33.7 Å². The Bertz CT molecular complexity index is 1100. The van der Waals surface area contributed by atoms with Crippen LogP contribution in [0.4, 0.5) is 0 Å². The summed E-state index contributed by atoms with van der Waals surface area (Å²) in [7, 11) is 1.68. The Morgan fingerprint density at radius 3 is 2.72 bits per heavy atom. The molecule has 12 nitrogen and oxygen atoms in total. The summed E-state index contributed by atoms with van der Waals surface area (Å²) < 4.78 is 1.47. The number of fused-ring (bicyclic) bond motifs is 1. The maximum atomic E-state index is 12.8. The van der Waals surface area contributed by atoms with Gasteiger partial charge >= 0.3 is 5.97 Å². The number of thioether (sulfide) groups is 2. The summed E-state index contributed by atoms with van der Waals surface area (Å²) in [5, 5.41) is 32.9. The van der Waals surface area contributed by atoms with Gasteiger partial charge in [-0.25, -0.2) is 9.48 Å². The number of hydrogen-bond acceptors (Lipinski definition) is 10. The Morgan fingerprint density at radius 1 is 1.38 bits per heavy atom. The molecule has 0 aliphatic carbocycles. The van der Waals surface area contributed by atoms with E-state index in [0.29, 0.717) is 27.8 Å². The number of aromatic nitrogens is 4. The number of rotatable bonds is 7. The van der Waals surface area contributed by atoms with Crippen molar-refractivity contribution in [2.45, 2.75) is 22.6 Å². The van der Waals surface area contributed by atoms with E-state index < -0.39 is 35.2 Å². The van der Waals surface area contributed by atoms with Crippen molar-refractivity contribution in [2.75, 3.05) is 11.5 Å². The molecule has 4 rings (SSSR count). The Balaban J connectivity index is 1.45. The van der Waals surface area contributed by atoms with Crippen molar-refractivity contribution < 1.29 is 24.6 Å². The number of phenolic OH excluding ortho intramolecular Hbond substituents is 1. The number of nitrogens with zero attached hydrogens (tertiary/aromatic N) is 5. The smallest absolute Gasteiger partial charge is 0.352 e. The van der Waals surface area contributed by atoms with Gasteiger partial charge in [0.15, 0.2) is 0 Å². The third-order valence-corrected chi connectivity index (χ3v) is 7.48. The summed E-state index contributed by atoms with van der Waals surface area (Å²) in [5.74, 6) is -1.55. The predicted octanol–water partition coefficient (Wildman–Crippen LogP) is -0.554. The summed E-state index contributed by atoms with van der Waals surface area (Å²) in [6.07, 6.45) is 0. The molecule has 1 saturated heterocycles. The Labute approximate surface area is 190 Å². The minimum atomic E-state index is -1.21. The van der Waals surface area contributed by atoms with Crippen LogP contribution in [0, 0.1) is 0 Å². The van der Waals surface area contributed by atoms with Gasteiger partial charge in [-0.2, -0.15) is 0 Å². The molecule has 0 radical (unpaired) electrons. The minimum Gasteiger partial charge on any atom is -0.508 e. The number of aromatic hydroxyl groups is 1. The number of aryl methyl sites for hydroxylation is 1. The van der Waals surface area contributed by atoms with Gasteiger partial charge in [0, 0.05) is 18.6 Å². The molecular formula is C18H19N7O5S2. The second-order valence-electron chi connectivity index (χ2n) is 7.10. The van der Waals surface area contributed by atoms with E-state index in [0.717, 1.165) is 0 Å². The number of phenols is 1. The number of β-lactam (4-membered cyclic amide) rings is 1. The van der Waals surface area contributed by atoms with Crippen LogP contribution in [0.2, 0.25) is 0 Å². The number of carboxylic acids is 1. The van der Waals surface area contributed by atoms with Gasteiger partial charge in [-0.1, -0.05) is 23.9 Å². The first kappa shape index (κ1) is 22.1. The molecule has 1 aromatic heterocycles. The van der Waals surface area contributed by atoms with E-state index in [9.17, 15) is 24.6 Å². The number of hydrogen-bond donors (Lipinski definition) is 4. The first-order valence-electron chi connectivity index (χ1n) is 9.38. The third kappa shape index (κ3) is 4.03. The predicted molar refractivity (Wildman–Crippen MR) is 114 cm³/mol. The van der Waals surface area contributed by atoms with Crippen LogP contribution in [0.1, 0.15) is 11.6 Å². The first-order chi connectivity index (χ1) is 15.3. The molecule has 2 unspecified atom stereocenters. The molecule has 2 amide bonds. The summed E-state index contributed by atoms with van der Waals surface area (Å²) in [4.78, 5) is 38.5. The zero-order valence-electron chi connectivity index (χ0n) is 16.7. The van der Waals surface area contributed by atoms with E-state index in [-0.39, 0.29) is 11.4 Å². The molecule has 0 saturated carbocycles. The van der Waals surface area contributed by atoms with Crippen molar-refractivity contribution in [3.63, 3.8) is 0 Å². The average molecular weight is 478 g/mol. The molecule has 168 valence electrons. The molecule has 5 N–H and O–H groups in total. The minimum absolute atomic E-state index is 0.0437. The number of carbonyl (C=O) groups is 3. The highest BCUT2D eigenvalue weighted by Crippen LogP contribution is 2.41. The van der Waals surface area contributed by atoms with E-state index in [1.54, 1.807) is 7.05 Å². The second-order valence-corrected chi connectivity index (χ2v) is 9.14. The van der Waals surface area contributed by atoms with Gasteiger partial charge < -0.3 is 21.3 Å². The Morgan fingerprint density at radius 2 is 2.09 bits per heavy atom. The summed E-state index contributed by atoms with van der Waals surface area (Å²) in [5.41, 5.74) is 6.95. The topological polar surface area (TPSA) is 177 Å². The van der Waals surface area contributed by atoms with Crippen molar-refractivity contribution in [2.24, 2.45) is 12.8 Å². The normalized spacial score (nSPS) is 21.1. The molecule has 14 heteroatoms. The average Bonchev–Trinajstić information content (AvgIpc) is 3.19. The molecule has 2 aliphatic rings. The second kappa shape index (κ2) is 8.80. The largest absolute Gasteiger partial charge is 0.508 e. The lowest BCUT2D eigenvalue weighted by Gasteiger charge is -2.49. The van der Waals surface area contributed by atoms with E-state index in [1.807, 2.05) is 0 Å². The highest BCUT2D eigenvalue weighted by atomic mass is 32.2. The van der Waals surface area contributed by atoms with E-state index in [4.69, 9.17) is 5.73 Å². The molecule has 1 fully saturated rings. The van der Waals surface area contributed by atoms with Crippen LogP contribution in [-0.4, -0.2) is 76.0 Å². The van der Waals surface area contributed by atoms with Gasteiger partial charge in [0.2, 0.25) is 11.1 Å². The molecule has 2 aromatic rings. The standard InChI is InChI=1S/C18H19N7O5S2/c1-24-18(21-22-23-24)32-7-9-6-31-16-12(15(28)25(16)13(9)17(29)30)20-14(27)11(19)8-2-4-10(26)5-3-8/h2-5,11-12,16,26H,6-7,19H2,1H3,(H,20,27)(H,29,30)/t11?,12?,16-/m1/s1. The van der Waals surface area contributed by atoms with Gasteiger partial charge in [0.25, 0.3) is 5.91 Å². The first-order valence-corrected chi connectivity index (χ1v) is 11.4. The maximum absolute atomic E-state index is 12.8. The third-order valence-electron chi connectivity index (χ3n) is 5.04. The van der Waals surface area contributed by atoms with Crippen LogP contribution < -0.4 is 11.1 Å². The van der Waals surface area contributed by atoms with E-state index in [2.05, 4.69) is 20.8 Å². The lowest BCUT2D eigenvalue weighted by Crippen LogP contribution is -2.71. The highest BCUT2D eigenvalue weighted by molar-refractivity contribution is 8.01. The van der Waals surface area contributed by atoms with Gasteiger partial charge in [-0.15, -0.1) is 16.9 Å². The van der Waals surface area contributed by atoms with Crippen LogP contribution in [-0.2, 0) is 21.4 Å². The van der Waals surface area contributed by atoms with Gasteiger partial charge in [0.1, 0.15) is 28.9 Å². The fourth-order valence-corrected chi connectivity index (χ4v) is 5.70. The quantitative estimate of drug-likeness (QED) is 0.297. The molecule has 0 spiro atoms. The molecule has 2 aliphatic heterocycles. The number of carbonyl (C=O) groups excluding carboxylic acids is 2. The fraction of sp³-hybridized carbons (Fsp3) is 0.333. The van der Waals surface area contributed by atoms with Crippen LogP contribution in [0.25, 0.3) is 0 Å². The number of nitrogens with one attached hydrogen (secondary N) is 1. The maximum Gasteiger partial charge on any atom is 0.352 e. The van der Waals surface area contributed by atoms with Crippen LogP contribution in [0.15, 0.2) is 40.7 Å². The van der Waals surface area contributed by atoms with Gasteiger partial charge in [0.05, 0.1) is 0 Å². The lowest BCUT2D eigenvalue weighted by atomic mass is 10.0. The summed E-state index contributed by atoms with van der Waals surface area (Å²) in [6, 6.07) is 3.96. The number of nitrogens with two attached hydrogens (primary N) is 1. The van der Waals surface area contributed by atoms with Gasteiger partial charge in [-0.3, -0.25) is 14.5 Å². The molecule has 3 heterocycles.